The molecule has 5 nitrogen and oxygen atoms in total. The molecule has 2 atom stereocenters. The zero-order chi connectivity index (χ0) is 15.4. The average Bonchev–Trinajstić information content (AvgIpc) is 3.12. The van der Waals surface area contributed by atoms with Crippen LogP contribution in [0.5, 0.6) is 0 Å². The maximum Gasteiger partial charge on any atom is 0.242 e. The van der Waals surface area contributed by atoms with Gasteiger partial charge in [-0.05, 0) is 37.5 Å². The van der Waals surface area contributed by atoms with Gasteiger partial charge in [0.15, 0.2) is 0 Å². The minimum Gasteiger partial charge on any atom is -0.346 e. The minimum atomic E-state index is -0.540. The van der Waals surface area contributed by atoms with Crippen molar-refractivity contribution in [3.63, 3.8) is 0 Å². The summed E-state index contributed by atoms with van der Waals surface area (Å²) in [5.74, 6) is 0.576. The van der Waals surface area contributed by atoms with E-state index in [2.05, 4.69) is 5.32 Å². The van der Waals surface area contributed by atoms with Crippen LogP contribution in [0.2, 0.25) is 0 Å². The monoisotopic (exact) mass is 295 g/mol. The number of amides is 2. The Balaban J connectivity index is 1.83. The molecule has 0 aromatic rings. The normalized spacial score (nSPS) is 24.6. The zero-order valence-electron chi connectivity index (χ0n) is 13.3. The second-order valence-corrected chi connectivity index (χ2v) is 6.83. The topological polar surface area (TPSA) is 75.4 Å². The van der Waals surface area contributed by atoms with Crippen molar-refractivity contribution in [2.75, 3.05) is 13.1 Å². The van der Waals surface area contributed by atoms with Crippen LogP contribution in [0.15, 0.2) is 0 Å². The molecule has 21 heavy (non-hydrogen) atoms. The van der Waals surface area contributed by atoms with Gasteiger partial charge in [0.2, 0.25) is 11.8 Å². The Hall–Kier alpha value is -1.10. The van der Waals surface area contributed by atoms with Gasteiger partial charge in [0.1, 0.15) is 0 Å². The summed E-state index contributed by atoms with van der Waals surface area (Å²) in [7, 11) is 0. The highest BCUT2D eigenvalue weighted by atomic mass is 16.2. The predicted molar refractivity (Wildman–Crippen MR) is 82.5 cm³/mol. The summed E-state index contributed by atoms with van der Waals surface area (Å²) in [4.78, 5) is 26.2. The van der Waals surface area contributed by atoms with E-state index in [9.17, 15) is 9.59 Å². The second kappa shape index (κ2) is 7.25. The van der Waals surface area contributed by atoms with E-state index in [0.717, 1.165) is 19.4 Å². The average molecular weight is 295 g/mol. The molecule has 1 aliphatic carbocycles. The van der Waals surface area contributed by atoms with Crippen molar-refractivity contribution in [2.45, 2.75) is 64.5 Å². The van der Waals surface area contributed by atoms with E-state index in [4.69, 9.17) is 5.73 Å². The highest BCUT2D eigenvalue weighted by Gasteiger charge is 2.35. The summed E-state index contributed by atoms with van der Waals surface area (Å²) < 4.78 is 0. The molecular weight excluding hydrogens is 266 g/mol. The van der Waals surface area contributed by atoms with E-state index >= 15 is 0 Å². The maximum atomic E-state index is 12.4. The lowest BCUT2D eigenvalue weighted by molar-refractivity contribution is -0.134. The van der Waals surface area contributed by atoms with Crippen LogP contribution < -0.4 is 11.1 Å². The summed E-state index contributed by atoms with van der Waals surface area (Å²) in [5.41, 5.74) is 5.79. The molecule has 5 heteroatoms. The van der Waals surface area contributed by atoms with Gasteiger partial charge in [-0.25, -0.2) is 0 Å². The number of nitrogens with one attached hydrogen (secondary N) is 1. The largest absolute Gasteiger partial charge is 0.346 e. The summed E-state index contributed by atoms with van der Waals surface area (Å²) in [6, 6.07) is -0.141. The molecule has 2 fully saturated rings. The zero-order valence-corrected chi connectivity index (χ0v) is 13.3. The van der Waals surface area contributed by atoms with E-state index in [1.807, 2.05) is 18.7 Å². The van der Waals surface area contributed by atoms with Gasteiger partial charge < -0.3 is 16.0 Å². The lowest BCUT2D eigenvalue weighted by Gasteiger charge is -2.29. The number of hydrogen-bond acceptors (Lipinski definition) is 3. The van der Waals surface area contributed by atoms with Gasteiger partial charge in [0, 0.05) is 12.6 Å². The molecule has 1 unspecified atom stereocenters. The number of carbonyl (C=O) groups is 2. The molecule has 120 valence electrons. The highest BCUT2D eigenvalue weighted by molar-refractivity contribution is 5.87. The smallest absolute Gasteiger partial charge is 0.242 e. The van der Waals surface area contributed by atoms with Gasteiger partial charge in [0.05, 0.1) is 12.6 Å². The fourth-order valence-electron chi connectivity index (χ4n) is 3.62. The van der Waals surface area contributed by atoms with Crippen LogP contribution in [0.1, 0.15) is 52.4 Å². The van der Waals surface area contributed by atoms with Crippen molar-refractivity contribution in [1.82, 2.24) is 10.2 Å². The summed E-state index contributed by atoms with van der Waals surface area (Å²) in [6.07, 6.45) is 7.30. The third-order valence-corrected chi connectivity index (χ3v) is 5.00. The molecular formula is C16H29N3O2. The van der Waals surface area contributed by atoms with Gasteiger partial charge in [-0.3, -0.25) is 9.59 Å². The van der Waals surface area contributed by atoms with Crippen molar-refractivity contribution in [3.8, 4) is 0 Å². The van der Waals surface area contributed by atoms with Gasteiger partial charge in [-0.2, -0.15) is 0 Å². The number of rotatable bonds is 5. The first kappa shape index (κ1) is 16.3. The van der Waals surface area contributed by atoms with Crippen molar-refractivity contribution in [2.24, 2.45) is 17.6 Å². The van der Waals surface area contributed by atoms with E-state index < -0.39 is 6.04 Å². The van der Waals surface area contributed by atoms with Crippen LogP contribution >= 0.6 is 0 Å². The van der Waals surface area contributed by atoms with Crippen LogP contribution in [0.25, 0.3) is 0 Å². The molecule has 3 N–H and O–H groups in total. The molecule has 0 aromatic carbocycles. The number of nitrogens with zero attached hydrogens (tertiary/aromatic N) is 1. The molecule has 2 rings (SSSR count). The standard InChI is InChI=1S/C16H29N3O2/c1-11(2)15(17)16(21)18-10-14(20)19-9-5-8-13(19)12-6-3-4-7-12/h11-13,15H,3-10,17H2,1-2H3,(H,18,21)/t13?,15-/m0/s1. The molecule has 1 saturated carbocycles. The Kier molecular flexibility index (Phi) is 5.62. The second-order valence-electron chi connectivity index (χ2n) is 6.83. The predicted octanol–water partition coefficient (Wildman–Crippen LogP) is 1.27. The molecule has 0 aromatic heterocycles. The number of likely N-dealkylation sites (tertiary alicyclic amines) is 1. The first-order valence-corrected chi connectivity index (χ1v) is 8.33. The van der Waals surface area contributed by atoms with Crippen LogP contribution in [0.3, 0.4) is 0 Å². The van der Waals surface area contributed by atoms with Crippen molar-refractivity contribution in [1.29, 1.82) is 0 Å². The lowest BCUT2D eigenvalue weighted by atomic mass is 9.96. The number of hydrogen-bond donors (Lipinski definition) is 2. The van der Waals surface area contributed by atoms with Gasteiger partial charge >= 0.3 is 0 Å². The maximum absolute atomic E-state index is 12.4. The van der Waals surface area contributed by atoms with Gasteiger partial charge in [-0.15, -0.1) is 0 Å². The molecule has 1 aliphatic heterocycles. The summed E-state index contributed by atoms with van der Waals surface area (Å²) >= 11 is 0. The lowest BCUT2D eigenvalue weighted by Crippen LogP contribution is -2.49. The first-order valence-electron chi connectivity index (χ1n) is 8.33. The Morgan fingerprint density at radius 1 is 1.19 bits per heavy atom. The van der Waals surface area contributed by atoms with E-state index in [0.29, 0.717) is 12.0 Å². The Morgan fingerprint density at radius 3 is 2.48 bits per heavy atom. The van der Waals surface area contributed by atoms with Gasteiger partial charge in [0.25, 0.3) is 0 Å². The number of nitrogens with two attached hydrogens (primary N) is 1. The molecule has 2 aliphatic rings. The van der Waals surface area contributed by atoms with Crippen LogP contribution in [0.4, 0.5) is 0 Å². The van der Waals surface area contributed by atoms with Crippen LogP contribution in [0, 0.1) is 11.8 Å². The van der Waals surface area contributed by atoms with Crippen LogP contribution in [-0.2, 0) is 9.59 Å². The SMILES string of the molecule is CC(C)[C@H](N)C(=O)NCC(=O)N1CCCC1C1CCCC1. The van der Waals surface area contributed by atoms with E-state index in [-0.39, 0.29) is 24.3 Å². The summed E-state index contributed by atoms with van der Waals surface area (Å²) in [5, 5.41) is 2.70. The van der Waals surface area contributed by atoms with E-state index in [1.165, 1.54) is 25.7 Å². The quantitative estimate of drug-likeness (QED) is 0.802. The third-order valence-electron chi connectivity index (χ3n) is 5.00. The summed E-state index contributed by atoms with van der Waals surface area (Å²) in [6.45, 7) is 4.74. The van der Waals surface area contributed by atoms with Crippen LogP contribution in [-0.4, -0.2) is 41.9 Å². The van der Waals surface area contributed by atoms with Gasteiger partial charge in [-0.1, -0.05) is 26.7 Å². The van der Waals surface area contributed by atoms with Crippen molar-refractivity contribution < 1.29 is 9.59 Å². The molecule has 1 heterocycles. The number of carbonyl (C=O) groups excluding carboxylic acids is 2. The van der Waals surface area contributed by atoms with Crippen molar-refractivity contribution >= 4 is 11.8 Å². The fourth-order valence-corrected chi connectivity index (χ4v) is 3.62. The Labute approximate surface area is 127 Å². The Bertz CT molecular complexity index is 378. The molecule has 0 bridgehead atoms. The Morgan fingerprint density at radius 2 is 1.86 bits per heavy atom. The molecule has 2 amide bonds. The third kappa shape index (κ3) is 3.96. The molecule has 0 radical (unpaired) electrons. The fraction of sp³-hybridized carbons (Fsp3) is 0.875. The highest BCUT2D eigenvalue weighted by Crippen LogP contribution is 2.35. The molecule has 1 saturated heterocycles. The van der Waals surface area contributed by atoms with Crippen molar-refractivity contribution in [3.05, 3.63) is 0 Å². The first-order chi connectivity index (χ1) is 10.0. The van der Waals surface area contributed by atoms with E-state index in [1.54, 1.807) is 0 Å². The molecule has 0 spiro atoms. The minimum absolute atomic E-state index is 0.0497.